The van der Waals surface area contributed by atoms with Crippen LogP contribution in [0.25, 0.3) is 0 Å². The molecule has 6 unspecified atom stereocenters. The fourth-order valence-electron chi connectivity index (χ4n) is 5.40. The molecule has 1 aromatic carbocycles. The fourth-order valence-corrected chi connectivity index (χ4v) is 5.40. The van der Waals surface area contributed by atoms with Gasteiger partial charge in [0.2, 0.25) is 0 Å². The monoisotopic (exact) mass is 350 g/mol. The van der Waals surface area contributed by atoms with Gasteiger partial charge < -0.3 is 0 Å². The number of hydrogen-bond acceptors (Lipinski definition) is 2. The molecular formula is C24H30O2. The first-order valence-electron chi connectivity index (χ1n) is 9.96. The van der Waals surface area contributed by atoms with Crippen molar-refractivity contribution >= 4 is 11.6 Å². The van der Waals surface area contributed by atoms with E-state index in [1.54, 1.807) is 13.8 Å². The van der Waals surface area contributed by atoms with Crippen molar-refractivity contribution in [3.8, 4) is 11.8 Å². The quantitative estimate of drug-likeness (QED) is 0.549. The van der Waals surface area contributed by atoms with Crippen LogP contribution in [-0.2, 0) is 4.79 Å². The van der Waals surface area contributed by atoms with Gasteiger partial charge in [0.25, 0.3) is 0 Å². The number of fused-ring (bicyclic) bond motifs is 1. The molecule has 2 aliphatic rings. The van der Waals surface area contributed by atoms with E-state index in [9.17, 15) is 9.59 Å². The summed E-state index contributed by atoms with van der Waals surface area (Å²) in [6.45, 7) is 7.65. The summed E-state index contributed by atoms with van der Waals surface area (Å²) in [5, 5.41) is 0. The minimum atomic E-state index is 0.112. The van der Waals surface area contributed by atoms with Crippen LogP contribution >= 0.6 is 0 Å². The van der Waals surface area contributed by atoms with Crippen molar-refractivity contribution in [1.29, 1.82) is 0 Å². The maximum atomic E-state index is 11.9. The molecule has 2 saturated carbocycles. The van der Waals surface area contributed by atoms with E-state index >= 15 is 0 Å². The lowest BCUT2D eigenvalue weighted by molar-refractivity contribution is -0.123. The first-order chi connectivity index (χ1) is 12.4. The Kier molecular flexibility index (Phi) is 5.66. The summed E-state index contributed by atoms with van der Waals surface area (Å²) >= 11 is 0. The number of carbonyl (C=O) groups excluding carboxylic acids is 2. The normalized spacial score (nSPS) is 33.5. The van der Waals surface area contributed by atoms with Crippen molar-refractivity contribution in [3.05, 3.63) is 35.4 Å². The smallest absolute Gasteiger partial charge is 0.159 e. The van der Waals surface area contributed by atoms with Crippen molar-refractivity contribution < 1.29 is 9.59 Å². The summed E-state index contributed by atoms with van der Waals surface area (Å²) in [6, 6.07) is 8.16. The van der Waals surface area contributed by atoms with Crippen LogP contribution in [0.1, 0.15) is 75.2 Å². The second kappa shape index (κ2) is 7.78. The van der Waals surface area contributed by atoms with Crippen molar-refractivity contribution in [2.75, 3.05) is 0 Å². The van der Waals surface area contributed by atoms with Gasteiger partial charge in [0.15, 0.2) is 5.78 Å². The van der Waals surface area contributed by atoms with Gasteiger partial charge in [-0.25, -0.2) is 0 Å². The van der Waals surface area contributed by atoms with Crippen LogP contribution in [-0.4, -0.2) is 11.6 Å². The van der Waals surface area contributed by atoms with Crippen LogP contribution in [0.5, 0.6) is 0 Å². The molecule has 0 N–H and O–H groups in total. The van der Waals surface area contributed by atoms with Gasteiger partial charge in [-0.2, -0.15) is 0 Å². The third-order valence-electron chi connectivity index (χ3n) is 6.84. The largest absolute Gasteiger partial charge is 0.300 e. The number of benzene rings is 1. The Morgan fingerprint density at radius 1 is 1.00 bits per heavy atom. The summed E-state index contributed by atoms with van der Waals surface area (Å²) < 4.78 is 0. The molecule has 138 valence electrons. The molecule has 0 radical (unpaired) electrons. The number of carbonyl (C=O) groups is 2. The standard InChI is InChI=1S/C24H30O2/c1-5-6-21-22-12-11-20(17(4)26)14-23(22)15(2)13-24(21)19-9-7-18(8-10-19)16(3)25/h7-10,15,20-24H,11-14H2,1-4H3. The van der Waals surface area contributed by atoms with E-state index in [-0.39, 0.29) is 11.7 Å². The van der Waals surface area contributed by atoms with E-state index in [0.717, 1.165) is 31.2 Å². The average Bonchev–Trinajstić information content (AvgIpc) is 2.63. The Morgan fingerprint density at radius 3 is 2.27 bits per heavy atom. The van der Waals surface area contributed by atoms with Crippen LogP contribution in [0.4, 0.5) is 0 Å². The highest BCUT2D eigenvalue weighted by atomic mass is 16.1. The van der Waals surface area contributed by atoms with Crippen LogP contribution in [0.3, 0.4) is 0 Å². The third kappa shape index (κ3) is 3.63. The second-order valence-electron chi connectivity index (χ2n) is 8.37. The number of hydrogen-bond donors (Lipinski definition) is 0. The molecule has 1 aromatic rings. The fraction of sp³-hybridized carbons (Fsp3) is 0.583. The maximum absolute atomic E-state index is 11.9. The van der Waals surface area contributed by atoms with Gasteiger partial charge in [0.1, 0.15) is 5.78 Å². The first-order valence-corrected chi connectivity index (χ1v) is 9.96. The van der Waals surface area contributed by atoms with Gasteiger partial charge in [0.05, 0.1) is 0 Å². The zero-order valence-electron chi connectivity index (χ0n) is 16.4. The van der Waals surface area contributed by atoms with Crippen molar-refractivity contribution in [1.82, 2.24) is 0 Å². The summed E-state index contributed by atoms with van der Waals surface area (Å²) in [7, 11) is 0. The van der Waals surface area contributed by atoms with Crippen LogP contribution < -0.4 is 0 Å². The summed E-state index contributed by atoms with van der Waals surface area (Å²) in [5.41, 5.74) is 2.08. The molecule has 2 aliphatic carbocycles. The SMILES string of the molecule is CC#CC1C(c2ccc(C(C)=O)cc2)CC(C)C2CC(C(C)=O)CCC12. The molecule has 2 heteroatoms. The summed E-state index contributed by atoms with van der Waals surface area (Å²) in [4.78, 5) is 23.5. The molecule has 0 bridgehead atoms. The molecule has 2 nitrogen and oxygen atoms in total. The molecule has 2 fully saturated rings. The molecule has 26 heavy (non-hydrogen) atoms. The van der Waals surface area contributed by atoms with E-state index in [2.05, 4.69) is 30.9 Å². The Bertz CT molecular complexity index is 734. The Balaban J connectivity index is 1.89. The second-order valence-corrected chi connectivity index (χ2v) is 8.37. The molecular weight excluding hydrogens is 320 g/mol. The highest BCUT2D eigenvalue weighted by molar-refractivity contribution is 5.94. The molecule has 0 heterocycles. The van der Waals surface area contributed by atoms with Gasteiger partial charge in [-0.15, -0.1) is 5.92 Å². The molecule has 0 saturated heterocycles. The zero-order chi connectivity index (χ0) is 18.8. The number of rotatable bonds is 3. The third-order valence-corrected chi connectivity index (χ3v) is 6.84. The lowest BCUT2D eigenvalue weighted by Crippen LogP contribution is -2.42. The predicted octanol–water partition coefficient (Wildman–Crippen LogP) is 5.27. The molecule has 0 amide bonds. The lowest BCUT2D eigenvalue weighted by atomic mass is 9.55. The lowest BCUT2D eigenvalue weighted by Gasteiger charge is -2.49. The van der Waals surface area contributed by atoms with Crippen molar-refractivity contribution in [3.63, 3.8) is 0 Å². The van der Waals surface area contributed by atoms with Gasteiger partial charge in [-0.1, -0.05) is 37.1 Å². The number of ketones is 2. The van der Waals surface area contributed by atoms with Gasteiger partial charge >= 0.3 is 0 Å². The average molecular weight is 351 g/mol. The van der Waals surface area contributed by atoms with Crippen LogP contribution in [0, 0.1) is 41.4 Å². The zero-order valence-corrected chi connectivity index (χ0v) is 16.4. The van der Waals surface area contributed by atoms with E-state index in [0.29, 0.717) is 35.4 Å². The summed E-state index contributed by atoms with van der Waals surface area (Å²) in [6.07, 6.45) is 4.28. The summed E-state index contributed by atoms with van der Waals surface area (Å²) in [5.74, 6) is 10.0. The molecule has 6 atom stereocenters. The highest BCUT2D eigenvalue weighted by Gasteiger charge is 2.46. The molecule has 0 spiro atoms. The van der Waals surface area contributed by atoms with Crippen molar-refractivity contribution in [2.24, 2.45) is 29.6 Å². The van der Waals surface area contributed by atoms with E-state index in [1.165, 1.54) is 5.56 Å². The minimum Gasteiger partial charge on any atom is -0.300 e. The molecule has 0 aliphatic heterocycles. The Morgan fingerprint density at radius 2 is 1.69 bits per heavy atom. The predicted molar refractivity (Wildman–Crippen MR) is 105 cm³/mol. The van der Waals surface area contributed by atoms with Crippen LogP contribution in [0.15, 0.2) is 24.3 Å². The van der Waals surface area contributed by atoms with Crippen molar-refractivity contribution in [2.45, 2.75) is 59.3 Å². The van der Waals surface area contributed by atoms with E-state index in [1.807, 2.05) is 19.1 Å². The maximum Gasteiger partial charge on any atom is 0.159 e. The van der Waals surface area contributed by atoms with Gasteiger partial charge in [-0.05, 0) is 75.7 Å². The Labute approximate surface area is 157 Å². The van der Waals surface area contributed by atoms with E-state index < -0.39 is 0 Å². The first kappa shape index (κ1) is 18.9. The molecule has 3 rings (SSSR count). The number of Topliss-reactive ketones (excluding diaryl/α,β-unsaturated/α-hetero) is 2. The van der Waals surface area contributed by atoms with Gasteiger partial charge in [-0.3, -0.25) is 9.59 Å². The topological polar surface area (TPSA) is 34.1 Å². The minimum absolute atomic E-state index is 0.112. The Hall–Kier alpha value is -1.88. The van der Waals surface area contributed by atoms with Crippen LogP contribution in [0.2, 0.25) is 0 Å². The highest BCUT2D eigenvalue weighted by Crippen LogP contribution is 2.53. The molecule has 0 aromatic heterocycles. The van der Waals surface area contributed by atoms with Gasteiger partial charge in [0, 0.05) is 17.4 Å². The van der Waals surface area contributed by atoms with E-state index in [4.69, 9.17) is 0 Å².